The summed E-state index contributed by atoms with van der Waals surface area (Å²) in [7, 11) is -3.85. The van der Waals surface area contributed by atoms with Crippen LogP contribution in [0.5, 0.6) is 11.5 Å². The first-order valence-electron chi connectivity index (χ1n) is 11.6. The molecule has 0 unspecified atom stereocenters. The highest BCUT2D eigenvalue weighted by atomic mass is 28.4. The second-order valence-electron chi connectivity index (χ2n) is 12.5. The Bertz CT molecular complexity index is 925. The van der Waals surface area contributed by atoms with Gasteiger partial charge in [-0.25, -0.2) is 0 Å². The Balaban J connectivity index is 2.41. The lowest BCUT2D eigenvalue weighted by Crippen LogP contribution is -2.43. The Labute approximate surface area is 198 Å². The van der Waals surface area contributed by atoms with Crippen molar-refractivity contribution in [3.8, 4) is 22.6 Å². The van der Waals surface area contributed by atoms with Gasteiger partial charge in [-0.1, -0.05) is 59.7 Å². The van der Waals surface area contributed by atoms with Crippen LogP contribution in [0.4, 0.5) is 0 Å². The molecule has 0 radical (unpaired) electrons. The first-order valence-corrected chi connectivity index (χ1v) is 17.4. The summed E-state index contributed by atoms with van der Waals surface area (Å²) in [5, 5.41) is 11.2. The van der Waals surface area contributed by atoms with Gasteiger partial charge in [0.15, 0.2) is 0 Å². The maximum absolute atomic E-state index is 10.9. The van der Waals surface area contributed by atoms with Gasteiger partial charge >= 0.3 is 0 Å². The highest BCUT2D eigenvalue weighted by molar-refractivity contribution is 6.75. The van der Waals surface area contributed by atoms with E-state index in [1.54, 1.807) is 0 Å². The monoisotopic (exact) mass is 472 g/mol. The van der Waals surface area contributed by atoms with E-state index >= 15 is 0 Å². The summed E-state index contributed by atoms with van der Waals surface area (Å²) in [5.41, 5.74) is 1.95. The van der Waals surface area contributed by atoms with E-state index in [1.165, 1.54) is 0 Å². The van der Waals surface area contributed by atoms with E-state index in [0.717, 1.165) is 28.2 Å². The van der Waals surface area contributed by atoms with Crippen LogP contribution < -0.4 is 8.85 Å². The van der Waals surface area contributed by atoms with Crippen LogP contribution in [-0.4, -0.2) is 21.7 Å². The summed E-state index contributed by atoms with van der Waals surface area (Å²) < 4.78 is 12.9. The van der Waals surface area contributed by atoms with Crippen molar-refractivity contribution < 1.29 is 14.0 Å². The van der Waals surface area contributed by atoms with E-state index in [1.807, 2.05) is 38.1 Å². The van der Waals surface area contributed by atoms with Crippen molar-refractivity contribution in [2.75, 3.05) is 0 Å². The van der Waals surface area contributed by atoms with Crippen molar-refractivity contribution in [3.63, 3.8) is 0 Å². The summed E-state index contributed by atoms with van der Waals surface area (Å²) in [6.45, 7) is 26.1. The minimum atomic E-state index is -1.96. The SMILES string of the molecule is CC(C)(O)c1cc(O[Si](C)(C)C(C)(C)C)ccc1-c1ccc(O[Si](C)(C)C(C)(C)C)cc1. The normalized spacial score (nSPS) is 13.8. The molecule has 0 atom stereocenters. The van der Waals surface area contributed by atoms with Crippen LogP contribution in [0.2, 0.25) is 36.3 Å². The zero-order chi connectivity index (χ0) is 24.8. The fraction of sp³-hybridized carbons (Fsp3) is 0.556. The molecule has 2 rings (SSSR count). The van der Waals surface area contributed by atoms with Crippen LogP contribution in [-0.2, 0) is 5.60 Å². The lowest BCUT2D eigenvalue weighted by atomic mass is 9.89. The summed E-state index contributed by atoms with van der Waals surface area (Å²) in [5.74, 6) is 1.73. The molecule has 0 bridgehead atoms. The summed E-state index contributed by atoms with van der Waals surface area (Å²) in [4.78, 5) is 0. The Morgan fingerprint density at radius 1 is 0.625 bits per heavy atom. The fourth-order valence-electron chi connectivity index (χ4n) is 2.94. The lowest BCUT2D eigenvalue weighted by molar-refractivity contribution is 0.0790. The molecule has 5 heteroatoms. The molecule has 0 aliphatic carbocycles. The number of benzene rings is 2. The molecule has 0 amide bonds. The Morgan fingerprint density at radius 3 is 1.44 bits per heavy atom. The standard InChI is InChI=1S/C27H44O3Si2/c1-25(2,3)31(9,10)29-21-15-13-20(14-16-21)23-18-17-22(19-24(23)27(7,8)28)30-32(11,12)26(4,5)6/h13-19,28H,1-12H3. The molecule has 0 saturated heterocycles. The van der Waals surface area contributed by atoms with Gasteiger partial charge in [0, 0.05) is 0 Å². The second kappa shape index (κ2) is 8.66. The van der Waals surface area contributed by atoms with Gasteiger partial charge < -0.3 is 14.0 Å². The van der Waals surface area contributed by atoms with Gasteiger partial charge in [0.25, 0.3) is 0 Å². The van der Waals surface area contributed by atoms with Gasteiger partial charge in [-0.05, 0) is 91.1 Å². The molecule has 0 aliphatic rings. The Morgan fingerprint density at radius 2 is 1.03 bits per heavy atom. The molecule has 0 aliphatic heterocycles. The van der Waals surface area contributed by atoms with Gasteiger partial charge in [-0.3, -0.25) is 0 Å². The first-order chi connectivity index (χ1) is 14.2. The van der Waals surface area contributed by atoms with Crippen molar-refractivity contribution in [2.24, 2.45) is 0 Å². The Hall–Kier alpha value is -1.57. The summed E-state index contributed by atoms with van der Waals surface area (Å²) in [6.07, 6.45) is 0. The average molecular weight is 473 g/mol. The molecule has 0 fully saturated rings. The zero-order valence-corrected chi connectivity index (χ0v) is 24.3. The van der Waals surface area contributed by atoms with Gasteiger partial charge in [-0.2, -0.15) is 0 Å². The lowest BCUT2D eigenvalue weighted by Gasteiger charge is -2.37. The molecular formula is C27H44O3Si2. The number of hydrogen-bond donors (Lipinski definition) is 1. The van der Waals surface area contributed by atoms with Crippen molar-refractivity contribution in [1.29, 1.82) is 0 Å². The van der Waals surface area contributed by atoms with Gasteiger partial charge in [0.2, 0.25) is 16.6 Å². The van der Waals surface area contributed by atoms with Crippen LogP contribution in [0.1, 0.15) is 61.0 Å². The number of aliphatic hydroxyl groups is 1. The average Bonchev–Trinajstić information content (AvgIpc) is 2.59. The minimum absolute atomic E-state index is 0.112. The summed E-state index contributed by atoms with van der Waals surface area (Å²) in [6, 6.07) is 14.4. The predicted molar refractivity (Wildman–Crippen MR) is 143 cm³/mol. The molecule has 0 saturated carbocycles. The fourth-order valence-corrected chi connectivity index (χ4v) is 5.00. The highest BCUT2D eigenvalue weighted by Crippen LogP contribution is 2.41. The third-order valence-corrected chi connectivity index (χ3v) is 15.9. The van der Waals surface area contributed by atoms with Gasteiger partial charge in [0.1, 0.15) is 11.5 Å². The third-order valence-electron chi connectivity index (χ3n) is 7.17. The van der Waals surface area contributed by atoms with Crippen molar-refractivity contribution >= 4 is 16.6 Å². The highest BCUT2D eigenvalue weighted by Gasteiger charge is 2.40. The van der Waals surface area contributed by atoms with E-state index in [9.17, 15) is 5.11 Å². The Kier molecular flexibility index (Phi) is 7.22. The summed E-state index contributed by atoms with van der Waals surface area (Å²) >= 11 is 0. The minimum Gasteiger partial charge on any atom is -0.544 e. The van der Waals surface area contributed by atoms with Crippen molar-refractivity contribution in [3.05, 3.63) is 48.0 Å². The molecule has 2 aromatic rings. The topological polar surface area (TPSA) is 38.7 Å². The largest absolute Gasteiger partial charge is 0.544 e. The number of hydrogen-bond acceptors (Lipinski definition) is 3. The van der Waals surface area contributed by atoms with E-state index in [2.05, 4.69) is 85.9 Å². The quantitative estimate of drug-likeness (QED) is 0.429. The molecular weight excluding hydrogens is 428 g/mol. The van der Waals surface area contributed by atoms with Crippen molar-refractivity contribution in [2.45, 2.75) is 97.3 Å². The zero-order valence-electron chi connectivity index (χ0n) is 22.3. The smallest absolute Gasteiger partial charge is 0.250 e. The maximum Gasteiger partial charge on any atom is 0.250 e. The first kappa shape index (κ1) is 26.7. The van der Waals surface area contributed by atoms with Crippen LogP contribution in [0.3, 0.4) is 0 Å². The van der Waals surface area contributed by atoms with Crippen LogP contribution in [0, 0.1) is 0 Å². The van der Waals surface area contributed by atoms with E-state index < -0.39 is 22.2 Å². The van der Waals surface area contributed by atoms with Gasteiger partial charge in [0.05, 0.1) is 5.60 Å². The predicted octanol–water partition coefficient (Wildman–Crippen LogP) is 8.35. The molecule has 3 nitrogen and oxygen atoms in total. The van der Waals surface area contributed by atoms with E-state index in [4.69, 9.17) is 8.85 Å². The van der Waals surface area contributed by atoms with Crippen LogP contribution in [0.25, 0.3) is 11.1 Å². The molecule has 0 aromatic heterocycles. The molecule has 178 valence electrons. The molecule has 32 heavy (non-hydrogen) atoms. The third kappa shape index (κ3) is 6.06. The molecule has 2 aromatic carbocycles. The van der Waals surface area contributed by atoms with Gasteiger partial charge in [-0.15, -0.1) is 0 Å². The maximum atomic E-state index is 10.9. The van der Waals surface area contributed by atoms with Crippen LogP contribution >= 0.6 is 0 Å². The molecule has 0 heterocycles. The second-order valence-corrected chi connectivity index (χ2v) is 22.0. The van der Waals surface area contributed by atoms with E-state index in [-0.39, 0.29) is 10.1 Å². The van der Waals surface area contributed by atoms with Crippen molar-refractivity contribution in [1.82, 2.24) is 0 Å². The van der Waals surface area contributed by atoms with E-state index in [0.29, 0.717) is 0 Å². The molecule has 0 spiro atoms. The van der Waals surface area contributed by atoms with Crippen LogP contribution in [0.15, 0.2) is 42.5 Å². The number of rotatable bonds is 6. The molecule has 1 N–H and O–H groups in total.